The van der Waals surface area contributed by atoms with Gasteiger partial charge in [-0.1, -0.05) is 18.2 Å². The number of aromatic hydroxyl groups is 1. The summed E-state index contributed by atoms with van der Waals surface area (Å²) in [5, 5.41) is 22.2. The lowest BCUT2D eigenvalue weighted by atomic mass is 10.0. The van der Waals surface area contributed by atoms with E-state index in [1.807, 2.05) is 0 Å². The Morgan fingerprint density at radius 3 is 2.74 bits per heavy atom. The third-order valence-corrected chi connectivity index (χ3v) is 5.18. The summed E-state index contributed by atoms with van der Waals surface area (Å²) in [6, 6.07) is 14.5. The van der Waals surface area contributed by atoms with Gasteiger partial charge in [-0.05, 0) is 24.3 Å². The van der Waals surface area contributed by atoms with Gasteiger partial charge in [0.1, 0.15) is 22.5 Å². The van der Waals surface area contributed by atoms with Crippen molar-refractivity contribution in [3.8, 4) is 22.9 Å². The summed E-state index contributed by atoms with van der Waals surface area (Å²) < 4.78 is 14.1. The number of carbonyl (C=O) groups is 1. The first-order chi connectivity index (χ1) is 13.0. The monoisotopic (exact) mass is 377 g/mol. The van der Waals surface area contributed by atoms with Crippen LogP contribution in [0.15, 0.2) is 53.5 Å². The average Bonchev–Trinajstić information content (AvgIpc) is 3.07. The van der Waals surface area contributed by atoms with Gasteiger partial charge in [0.05, 0.1) is 28.4 Å². The lowest BCUT2D eigenvalue weighted by Crippen LogP contribution is -2.14. The molecule has 5 nitrogen and oxygen atoms in total. The highest BCUT2D eigenvalue weighted by molar-refractivity contribution is 7.14. The maximum absolute atomic E-state index is 14.1. The number of anilines is 1. The number of benzene rings is 2. The fraction of sp³-hybridized carbons (Fsp3) is 0.0500. The first-order valence-electron chi connectivity index (χ1n) is 8.05. The molecular weight excluding hydrogens is 365 g/mol. The molecule has 0 unspecified atom stereocenters. The van der Waals surface area contributed by atoms with Crippen LogP contribution in [0.25, 0.3) is 11.1 Å². The first-order valence-corrected chi connectivity index (χ1v) is 8.86. The molecule has 4 rings (SSSR count). The van der Waals surface area contributed by atoms with E-state index in [-0.39, 0.29) is 29.2 Å². The van der Waals surface area contributed by atoms with E-state index < -0.39 is 5.82 Å². The summed E-state index contributed by atoms with van der Waals surface area (Å²) in [6.45, 7) is 0. The van der Waals surface area contributed by atoms with Crippen LogP contribution in [0, 0.1) is 17.1 Å². The molecule has 0 saturated heterocycles. The molecule has 0 saturated carbocycles. The number of halogens is 1. The second-order valence-electron chi connectivity index (χ2n) is 5.93. The van der Waals surface area contributed by atoms with Crippen molar-refractivity contribution in [3.05, 3.63) is 64.1 Å². The van der Waals surface area contributed by atoms with Crippen molar-refractivity contribution in [2.24, 2.45) is 4.99 Å². The van der Waals surface area contributed by atoms with Crippen molar-refractivity contribution < 1.29 is 14.3 Å². The fourth-order valence-corrected chi connectivity index (χ4v) is 3.68. The largest absolute Gasteiger partial charge is 0.507 e. The van der Waals surface area contributed by atoms with Crippen LogP contribution in [0.1, 0.15) is 16.2 Å². The first kappa shape index (κ1) is 16.9. The standard InChI is InChI=1S/C20H12FN3O2S/c21-14-4-2-1-3-12(14)13-7-15-16(8-18(13)25)23-17(9-20(26)24-15)19-6-5-11(10-22)27-19/h1-8,25H,9H2,(H,24,26). The molecule has 0 aliphatic carbocycles. The van der Waals surface area contributed by atoms with Gasteiger partial charge in [-0.25, -0.2) is 9.38 Å². The normalized spacial score (nSPS) is 13.2. The number of rotatable bonds is 2. The molecule has 0 fully saturated rings. The molecule has 1 aromatic heterocycles. The predicted molar refractivity (Wildman–Crippen MR) is 102 cm³/mol. The molecule has 7 heteroatoms. The smallest absolute Gasteiger partial charge is 0.230 e. The number of nitrogens with one attached hydrogen (secondary N) is 1. The molecular formula is C20H12FN3O2S. The van der Waals surface area contributed by atoms with E-state index in [1.54, 1.807) is 30.3 Å². The summed E-state index contributed by atoms with van der Waals surface area (Å²) >= 11 is 1.25. The number of amides is 1. The maximum atomic E-state index is 14.1. The van der Waals surface area contributed by atoms with Gasteiger partial charge in [0.25, 0.3) is 0 Å². The molecule has 2 N–H and O–H groups in total. The van der Waals surface area contributed by atoms with Crippen LogP contribution in [0.2, 0.25) is 0 Å². The number of fused-ring (bicyclic) bond motifs is 1. The number of hydrogen-bond acceptors (Lipinski definition) is 5. The van der Waals surface area contributed by atoms with E-state index >= 15 is 0 Å². The summed E-state index contributed by atoms with van der Waals surface area (Å²) in [5.41, 5.74) is 1.78. The Kier molecular flexibility index (Phi) is 4.18. The van der Waals surface area contributed by atoms with E-state index in [0.717, 1.165) is 0 Å². The van der Waals surface area contributed by atoms with Crippen LogP contribution in [0.3, 0.4) is 0 Å². The van der Waals surface area contributed by atoms with Gasteiger partial charge in [0.2, 0.25) is 5.91 Å². The summed E-state index contributed by atoms with van der Waals surface area (Å²) in [5.74, 6) is -0.883. The Morgan fingerprint density at radius 1 is 1.19 bits per heavy atom. The topological polar surface area (TPSA) is 85.5 Å². The highest BCUT2D eigenvalue weighted by Crippen LogP contribution is 2.40. The van der Waals surface area contributed by atoms with Gasteiger partial charge in [-0.3, -0.25) is 4.79 Å². The number of carbonyl (C=O) groups excluding carboxylic acids is 1. The minimum Gasteiger partial charge on any atom is -0.507 e. The van der Waals surface area contributed by atoms with Gasteiger partial charge in [-0.15, -0.1) is 11.3 Å². The average molecular weight is 377 g/mol. The Morgan fingerprint density at radius 2 is 2.00 bits per heavy atom. The number of thiophene rings is 1. The fourth-order valence-electron chi connectivity index (χ4n) is 2.89. The van der Waals surface area contributed by atoms with Crippen molar-refractivity contribution in [3.63, 3.8) is 0 Å². The molecule has 0 radical (unpaired) electrons. The number of phenols is 1. The Labute approximate surface area is 158 Å². The minimum absolute atomic E-state index is 0.0376. The Balaban J connectivity index is 1.84. The van der Waals surface area contributed by atoms with Crippen LogP contribution in [-0.2, 0) is 4.79 Å². The van der Waals surface area contributed by atoms with E-state index in [0.29, 0.717) is 26.8 Å². The van der Waals surface area contributed by atoms with E-state index in [1.165, 1.54) is 29.5 Å². The molecule has 0 atom stereocenters. The van der Waals surface area contributed by atoms with E-state index in [9.17, 15) is 14.3 Å². The van der Waals surface area contributed by atoms with Crippen molar-refractivity contribution in [1.29, 1.82) is 5.26 Å². The molecule has 2 heterocycles. The highest BCUT2D eigenvalue weighted by Gasteiger charge is 2.21. The number of nitrogens with zero attached hydrogens (tertiary/aromatic N) is 2. The van der Waals surface area contributed by atoms with Gasteiger partial charge >= 0.3 is 0 Å². The van der Waals surface area contributed by atoms with Crippen LogP contribution < -0.4 is 5.32 Å². The van der Waals surface area contributed by atoms with Gasteiger partial charge in [0, 0.05) is 17.2 Å². The third-order valence-electron chi connectivity index (χ3n) is 4.14. The number of hydrogen-bond donors (Lipinski definition) is 2. The van der Waals surface area contributed by atoms with Crippen molar-refractivity contribution >= 4 is 34.3 Å². The molecule has 132 valence electrons. The number of nitriles is 1. The zero-order valence-corrected chi connectivity index (χ0v) is 14.7. The van der Waals surface area contributed by atoms with Crippen molar-refractivity contribution in [2.45, 2.75) is 6.42 Å². The van der Waals surface area contributed by atoms with Gasteiger partial charge in [0.15, 0.2) is 0 Å². The SMILES string of the molecule is N#Cc1ccc(C2=Nc3cc(O)c(-c4ccccc4F)cc3NC(=O)C2)s1. The number of phenolic OH excluding ortho intramolecular Hbond substituents is 1. The van der Waals surface area contributed by atoms with Gasteiger partial charge in [-0.2, -0.15) is 5.26 Å². The Bertz CT molecular complexity index is 1140. The lowest BCUT2D eigenvalue weighted by Gasteiger charge is -2.11. The molecule has 2 aromatic carbocycles. The van der Waals surface area contributed by atoms with E-state index in [4.69, 9.17) is 5.26 Å². The highest BCUT2D eigenvalue weighted by atomic mass is 32.1. The Hall–Kier alpha value is -3.50. The molecule has 1 aliphatic heterocycles. The zero-order chi connectivity index (χ0) is 19.0. The van der Waals surface area contributed by atoms with Crippen molar-refractivity contribution in [1.82, 2.24) is 0 Å². The van der Waals surface area contributed by atoms with E-state index in [2.05, 4.69) is 16.4 Å². The second-order valence-corrected chi connectivity index (χ2v) is 7.01. The van der Waals surface area contributed by atoms with Crippen LogP contribution in [0.5, 0.6) is 5.75 Å². The van der Waals surface area contributed by atoms with Crippen LogP contribution in [-0.4, -0.2) is 16.7 Å². The molecule has 0 spiro atoms. The quantitative estimate of drug-likeness (QED) is 0.640. The summed E-state index contributed by atoms with van der Waals surface area (Å²) in [6.07, 6.45) is 0.0376. The minimum atomic E-state index is -0.473. The molecule has 1 amide bonds. The lowest BCUT2D eigenvalue weighted by molar-refractivity contribution is -0.115. The predicted octanol–water partition coefficient (Wildman–Crippen LogP) is 4.59. The third kappa shape index (κ3) is 3.18. The maximum Gasteiger partial charge on any atom is 0.230 e. The zero-order valence-electron chi connectivity index (χ0n) is 13.9. The molecule has 0 bridgehead atoms. The molecule has 1 aliphatic rings. The molecule has 27 heavy (non-hydrogen) atoms. The van der Waals surface area contributed by atoms with Crippen LogP contribution >= 0.6 is 11.3 Å². The second kappa shape index (κ2) is 6.67. The summed E-state index contributed by atoms with van der Waals surface area (Å²) in [4.78, 5) is 18.1. The van der Waals surface area contributed by atoms with Crippen LogP contribution in [0.4, 0.5) is 15.8 Å². The number of aliphatic imine (C=N–C) groups is 1. The summed E-state index contributed by atoms with van der Waals surface area (Å²) in [7, 11) is 0. The van der Waals surface area contributed by atoms with Gasteiger partial charge < -0.3 is 10.4 Å². The van der Waals surface area contributed by atoms with Crippen molar-refractivity contribution in [2.75, 3.05) is 5.32 Å². The molecule has 3 aromatic rings.